The van der Waals surface area contributed by atoms with Crippen LogP contribution in [0.1, 0.15) is 84.3 Å². The zero-order valence-electron chi connectivity index (χ0n) is 28.2. The van der Waals surface area contributed by atoms with E-state index in [4.69, 9.17) is 4.52 Å². The molecular formula is C36H51N3O5P2. The number of unbranched alkanes of at least 4 members (excludes halogenated alkanes) is 2. The van der Waals surface area contributed by atoms with E-state index in [2.05, 4.69) is 98.8 Å². The van der Waals surface area contributed by atoms with Crippen molar-refractivity contribution in [3.05, 3.63) is 88.5 Å². The molecule has 1 aliphatic heterocycles. The van der Waals surface area contributed by atoms with E-state index < -0.39 is 13.2 Å². The van der Waals surface area contributed by atoms with Crippen molar-refractivity contribution >= 4 is 50.3 Å². The van der Waals surface area contributed by atoms with Gasteiger partial charge in [-0.3, -0.25) is 4.79 Å². The van der Waals surface area contributed by atoms with Gasteiger partial charge in [-0.25, -0.2) is 0 Å². The molecular weight excluding hydrogens is 616 g/mol. The zero-order chi connectivity index (χ0) is 34.0. The van der Waals surface area contributed by atoms with Gasteiger partial charge in [0.2, 0.25) is 0 Å². The Morgan fingerprint density at radius 1 is 1.15 bits per heavy atom. The quantitative estimate of drug-likeness (QED) is 0.0691. The molecule has 1 heterocycles. The van der Waals surface area contributed by atoms with Crippen LogP contribution in [0.2, 0.25) is 0 Å². The molecule has 3 N–H and O–H groups in total. The van der Waals surface area contributed by atoms with Gasteiger partial charge in [-0.05, 0) is 105 Å². The molecule has 3 unspecified atom stereocenters. The molecule has 8 nitrogen and oxygen atoms in total. The minimum absolute atomic E-state index is 0.191. The molecule has 3 rings (SSSR count). The lowest BCUT2D eigenvalue weighted by molar-refractivity contribution is -0.118. The lowest BCUT2D eigenvalue weighted by Gasteiger charge is -2.30. The normalized spacial score (nSPS) is 19.0. The highest BCUT2D eigenvalue weighted by Crippen LogP contribution is 2.50. The predicted octanol–water partition coefficient (Wildman–Crippen LogP) is 7.58. The fourth-order valence-corrected chi connectivity index (χ4v) is 7.44. The second kappa shape index (κ2) is 16.8. The Kier molecular flexibility index (Phi) is 13.7. The molecule has 0 saturated carbocycles. The van der Waals surface area contributed by atoms with Crippen molar-refractivity contribution in [2.45, 2.75) is 84.0 Å². The summed E-state index contributed by atoms with van der Waals surface area (Å²) in [5.41, 5.74) is 5.23. The van der Waals surface area contributed by atoms with Crippen LogP contribution in [0.15, 0.2) is 77.7 Å². The first-order chi connectivity index (χ1) is 21.9. The van der Waals surface area contributed by atoms with Gasteiger partial charge in [0.05, 0.1) is 0 Å². The average Bonchev–Trinajstić information content (AvgIpc) is 3.28. The van der Waals surface area contributed by atoms with Crippen LogP contribution in [-0.4, -0.2) is 42.2 Å². The van der Waals surface area contributed by atoms with Gasteiger partial charge < -0.3 is 24.5 Å². The van der Waals surface area contributed by atoms with Gasteiger partial charge in [-0.1, -0.05) is 57.1 Å². The van der Waals surface area contributed by atoms with Crippen molar-refractivity contribution < 1.29 is 19.1 Å². The minimum atomic E-state index is -2.88. The van der Waals surface area contributed by atoms with E-state index in [0.29, 0.717) is 11.7 Å². The van der Waals surface area contributed by atoms with Crippen molar-refractivity contribution in [1.29, 1.82) is 0 Å². The molecule has 1 aliphatic rings. The van der Waals surface area contributed by atoms with E-state index in [1.165, 1.54) is 18.4 Å². The molecule has 2 aromatic carbocycles. The maximum Gasteiger partial charge on any atom is 0.286 e. The number of carbonyl (C=O) groups excluding carboxylic acids is 1. The summed E-state index contributed by atoms with van der Waals surface area (Å²) in [5, 5.41) is 7.60. The topological polar surface area (TPSA) is 111 Å². The Balaban J connectivity index is 1.83. The molecule has 1 amide bonds. The summed E-state index contributed by atoms with van der Waals surface area (Å²) in [6, 6.07) is 12.1. The second-order valence-electron chi connectivity index (χ2n) is 12.6. The Morgan fingerprint density at radius 2 is 1.91 bits per heavy atom. The summed E-state index contributed by atoms with van der Waals surface area (Å²) in [7, 11) is -1.66. The summed E-state index contributed by atoms with van der Waals surface area (Å²) in [4.78, 5) is 44.7. The number of hydrogen-bond acceptors (Lipinski definition) is 7. The van der Waals surface area contributed by atoms with Gasteiger partial charge >= 0.3 is 0 Å². The van der Waals surface area contributed by atoms with Crippen LogP contribution in [0, 0.1) is 4.91 Å². The first-order valence-corrected chi connectivity index (χ1v) is 18.8. The number of nitroso groups, excluding NO2 is 1. The van der Waals surface area contributed by atoms with Gasteiger partial charge in [-0.15, -0.1) is 4.91 Å². The van der Waals surface area contributed by atoms with E-state index in [1.807, 2.05) is 24.3 Å². The Morgan fingerprint density at radius 3 is 2.57 bits per heavy atom. The largest absolute Gasteiger partial charge is 0.385 e. The number of allylic oxidation sites excluding steroid dienone is 6. The molecule has 0 aromatic heterocycles. The van der Waals surface area contributed by atoms with Crippen LogP contribution in [0.4, 0.5) is 11.4 Å². The van der Waals surface area contributed by atoms with Crippen molar-refractivity contribution in [1.82, 2.24) is 0 Å². The van der Waals surface area contributed by atoms with Crippen LogP contribution in [0.3, 0.4) is 0 Å². The number of hydrogen-bond donors (Lipinski definition) is 3. The number of carbonyl (C=O) groups is 1. The van der Waals surface area contributed by atoms with Gasteiger partial charge in [0, 0.05) is 68.4 Å². The summed E-state index contributed by atoms with van der Waals surface area (Å²) in [6.07, 6.45) is 18.7. The Hall–Kier alpha value is -2.86. The smallest absolute Gasteiger partial charge is 0.286 e. The highest BCUT2D eigenvalue weighted by Gasteiger charge is 2.42. The van der Waals surface area contributed by atoms with Gasteiger partial charge in [-0.2, -0.15) is 0 Å². The predicted molar refractivity (Wildman–Crippen MR) is 198 cm³/mol. The Bertz CT molecular complexity index is 1520. The van der Waals surface area contributed by atoms with Gasteiger partial charge in [0.25, 0.3) is 5.91 Å². The molecule has 0 fully saturated rings. The molecule has 0 spiro atoms. The minimum Gasteiger partial charge on any atom is -0.385 e. The van der Waals surface area contributed by atoms with Crippen LogP contribution in [0.25, 0.3) is 0 Å². The van der Waals surface area contributed by atoms with Crippen molar-refractivity contribution in [3.8, 4) is 0 Å². The lowest BCUT2D eigenvalue weighted by Crippen LogP contribution is -2.28. The maximum atomic E-state index is 11.3. The number of amides is 1. The number of anilines is 2. The zero-order valence-corrected chi connectivity index (χ0v) is 30.1. The van der Waals surface area contributed by atoms with E-state index in [9.17, 15) is 19.5 Å². The second-order valence-corrected chi connectivity index (χ2v) is 15.6. The molecule has 2 aromatic rings. The molecule has 46 heavy (non-hydrogen) atoms. The van der Waals surface area contributed by atoms with Crippen molar-refractivity contribution in [3.63, 3.8) is 0 Å². The van der Waals surface area contributed by atoms with Crippen LogP contribution in [-0.2, 0) is 20.1 Å². The highest BCUT2D eigenvalue weighted by atomic mass is 31.2. The lowest BCUT2D eigenvalue weighted by atomic mass is 9.77. The third-order valence-electron chi connectivity index (χ3n) is 8.90. The van der Waals surface area contributed by atoms with E-state index >= 15 is 0 Å². The molecule has 0 bridgehead atoms. The van der Waals surface area contributed by atoms with Crippen molar-refractivity contribution in [2.24, 2.45) is 5.18 Å². The summed E-state index contributed by atoms with van der Waals surface area (Å²) >= 11 is 0. The number of nitrogens with zero attached hydrogens (tertiary/aromatic N) is 2. The highest BCUT2D eigenvalue weighted by molar-refractivity contribution is 7.71. The number of likely N-dealkylation sites (N-methyl/N-ethyl adjacent to an activating group) is 1. The van der Waals surface area contributed by atoms with E-state index in [-0.39, 0.29) is 26.1 Å². The standard InChI is InChI=1S/C36H51N3O5P2/c1-8-37-31-21-20-28(46(7,43)44-6)26-29(31)35(3,4)23-15-11-10-13-17-33-36(5,24-16-12-14-18-34(40)38-41)30-25-27(45-42)19-22-32(30)39(33)9-2/h10-11,13,15,17,19-22,25-26,37,42-43,45H,7-9,12,14,16,18,23-24H2,1-6H3/b13-10+,15-11+,33-17+. The summed E-state index contributed by atoms with van der Waals surface area (Å²) in [5.74, 6) is -0.588. The van der Waals surface area contributed by atoms with Crippen molar-refractivity contribution in [2.75, 3.05) is 30.4 Å². The summed E-state index contributed by atoms with van der Waals surface area (Å²) < 4.78 is 5.33. The fraction of sp³-hybridized carbons (Fsp3) is 0.444. The average molecular weight is 668 g/mol. The first-order valence-electron chi connectivity index (χ1n) is 16.0. The molecule has 3 atom stereocenters. The third-order valence-corrected chi connectivity index (χ3v) is 11.2. The third kappa shape index (κ3) is 8.93. The molecule has 0 radical (unpaired) electrons. The Labute approximate surface area is 277 Å². The number of rotatable bonds is 17. The molecule has 10 heteroatoms. The SMILES string of the molecule is C=P(O)(OC)c1ccc(NCC)c(C(C)(C)C/C=C/C=C/C=C2/N(CC)c3ccc(PO)cc3C2(C)CCCCCC(=O)N=O)c1. The van der Waals surface area contributed by atoms with Gasteiger partial charge in [0.1, 0.15) is 7.34 Å². The van der Waals surface area contributed by atoms with Crippen LogP contribution < -0.4 is 20.8 Å². The monoisotopic (exact) mass is 667 g/mol. The molecule has 0 aliphatic carbocycles. The van der Waals surface area contributed by atoms with Crippen LogP contribution in [0.5, 0.6) is 0 Å². The van der Waals surface area contributed by atoms with Crippen LogP contribution >= 0.6 is 16.1 Å². The molecule has 250 valence electrons. The number of benzene rings is 2. The van der Waals surface area contributed by atoms with E-state index in [0.717, 1.165) is 61.0 Å². The molecule has 0 saturated heterocycles. The number of nitrogens with one attached hydrogen (secondary N) is 1. The first kappa shape index (κ1) is 37.6. The summed E-state index contributed by atoms with van der Waals surface area (Å²) in [6.45, 7) is 12.5. The van der Waals surface area contributed by atoms with E-state index in [1.54, 1.807) is 0 Å². The maximum absolute atomic E-state index is 11.3. The fourth-order valence-electron chi connectivity index (χ4n) is 6.22. The number of fused-ring (bicyclic) bond motifs is 1. The van der Waals surface area contributed by atoms with Gasteiger partial charge in [0.15, 0.2) is 0 Å².